The monoisotopic (exact) mass is 340 g/mol. The van der Waals surface area contributed by atoms with Gasteiger partial charge in [-0.05, 0) is 42.5 Å². The molecule has 0 fully saturated rings. The van der Waals surface area contributed by atoms with Crippen LogP contribution < -0.4 is 4.80 Å². The van der Waals surface area contributed by atoms with E-state index >= 15 is 0 Å². The first-order chi connectivity index (χ1) is 10.4. The van der Waals surface area contributed by atoms with Crippen LogP contribution in [0.15, 0.2) is 51.8 Å². The molecule has 3 rings (SSSR count). The van der Waals surface area contributed by atoms with E-state index in [0.717, 1.165) is 35.6 Å². The lowest BCUT2D eigenvalue weighted by molar-refractivity contribution is 0.594. The van der Waals surface area contributed by atoms with Gasteiger partial charge in [0.05, 0.1) is 15.1 Å². The molecule has 1 heterocycles. The fourth-order valence-corrected chi connectivity index (χ4v) is 4.23. The van der Waals surface area contributed by atoms with Crippen molar-refractivity contribution in [1.82, 2.24) is 4.57 Å². The van der Waals surface area contributed by atoms with Crippen molar-refractivity contribution in [1.29, 1.82) is 0 Å². The van der Waals surface area contributed by atoms with Gasteiger partial charge in [-0.3, -0.25) is 0 Å². The molecule has 0 atom stereocenters. The largest absolute Gasteiger partial charge is 0.319 e. The van der Waals surface area contributed by atoms with E-state index in [4.69, 9.17) is 0 Å². The highest BCUT2D eigenvalue weighted by molar-refractivity contribution is 7.90. The van der Waals surface area contributed by atoms with E-state index in [1.165, 1.54) is 12.1 Å². The summed E-state index contributed by atoms with van der Waals surface area (Å²) >= 11 is 1.07. The number of sulfonamides is 1. The topological polar surface area (TPSA) is 51.4 Å². The molecule has 0 amide bonds. The van der Waals surface area contributed by atoms with Gasteiger partial charge in [-0.1, -0.05) is 11.3 Å². The van der Waals surface area contributed by atoms with Crippen LogP contribution in [0.25, 0.3) is 10.2 Å². The number of fused-ring (bicyclic) bond motifs is 1. The van der Waals surface area contributed by atoms with E-state index in [9.17, 15) is 17.2 Å². The van der Waals surface area contributed by atoms with Crippen LogP contribution in [-0.2, 0) is 17.1 Å². The summed E-state index contributed by atoms with van der Waals surface area (Å²) in [5.41, 5.74) is 0.680. The Morgan fingerprint density at radius 3 is 2.36 bits per heavy atom. The van der Waals surface area contributed by atoms with Gasteiger partial charge >= 0.3 is 0 Å². The second-order valence-electron chi connectivity index (χ2n) is 4.58. The number of hydrogen-bond donors (Lipinski definition) is 0. The summed E-state index contributed by atoms with van der Waals surface area (Å²) in [6.07, 6.45) is 0. The van der Waals surface area contributed by atoms with Crippen molar-refractivity contribution >= 4 is 31.6 Å². The van der Waals surface area contributed by atoms with E-state index in [1.807, 2.05) is 0 Å². The smallest absolute Gasteiger partial charge is 0.285 e. The molecule has 1 aromatic heterocycles. The van der Waals surface area contributed by atoms with Crippen LogP contribution in [0.1, 0.15) is 0 Å². The van der Waals surface area contributed by atoms with Crippen LogP contribution in [-0.4, -0.2) is 13.0 Å². The van der Waals surface area contributed by atoms with Crippen molar-refractivity contribution in [3.63, 3.8) is 0 Å². The van der Waals surface area contributed by atoms with Crippen LogP contribution in [0.5, 0.6) is 0 Å². The average Bonchev–Trinajstić information content (AvgIpc) is 2.74. The second-order valence-corrected chi connectivity index (χ2v) is 7.19. The van der Waals surface area contributed by atoms with E-state index < -0.39 is 21.7 Å². The molecular weight excluding hydrogens is 330 g/mol. The molecule has 22 heavy (non-hydrogen) atoms. The van der Waals surface area contributed by atoms with Gasteiger partial charge in [0, 0.05) is 7.05 Å². The number of aromatic nitrogens is 1. The summed E-state index contributed by atoms with van der Waals surface area (Å²) in [6.45, 7) is 0. The summed E-state index contributed by atoms with van der Waals surface area (Å²) in [7, 11) is -2.31. The Bertz CT molecular complexity index is 1020. The summed E-state index contributed by atoms with van der Waals surface area (Å²) < 4.78 is 56.5. The molecule has 3 aromatic rings. The normalized spacial score (nSPS) is 13.0. The number of hydrogen-bond acceptors (Lipinski definition) is 3. The van der Waals surface area contributed by atoms with E-state index in [2.05, 4.69) is 4.40 Å². The lowest BCUT2D eigenvalue weighted by Gasteiger charge is -1.98. The fourth-order valence-electron chi connectivity index (χ4n) is 1.96. The van der Waals surface area contributed by atoms with E-state index in [-0.39, 0.29) is 9.70 Å². The van der Waals surface area contributed by atoms with Crippen LogP contribution >= 0.6 is 11.3 Å². The summed E-state index contributed by atoms with van der Waals surface area (Å²) in [5.74, 6) is -0.927. The third-order valence-electron chi connectivity index (χ3n) is 3.08. The number of halogens is 2. The molecule has 4 nitrogen and oxygen atoms in total. The van der Waals surface area contributed by atoms with Gasteiger partial charge in [0.2, 0.25) is 4.80 Å². The molecule has 2 aromatic carbocycles. The van der Waals surface area contributed by atoms with Crippen LogP contribution in [0.3, 0.4) is 0 Å². The van der Waals surface area contributed by atoms with Crippen molar-refractivity contribution in [2.75, 3.05) is 0 Å². The molecule has 8 heteroatoms. The lowest BCUT2D eigenvalue weighted by atomic mass is 10.3. The van der Waals surface area contributed by atoms with Crippen LogP contribution in [0, 0.1) is 11.6 Å². The van der Waals surface area contributed by atoms with Crippen molar-refractivity contribution in [3.8, 4) is 0 Å². The molecule has 0 N–H and O–H groups in total. The highest BCUT2D eigenvalue weighted by Crippen LogP contribution is 2.19. The third kappa shape index (κ3) is 2.67. The molecule has 0 aliphatic heterocycles. The zero-order valence-electron chi connectivity index (χ0n) is 11.3. The quantitative estimate of drug-likeness (QED) is 0.720. The molecule has 0 radical (unpaired) electrons. The Morgan fingerprint density at radius 1 is 1.05 bits per heavy atom. The minimum Gasteiger partial charge on any atom is -0.319 e. The molecule has 0 unspecified atom stereocenters. The number of aryl methyl sites for hydroxylation is 1. The van der Waals surface area contributed by atoms with Gasteiger partial charge in [0.25, 0.3) is 10.0 Å². The van der Waals surface area contributed by atoms with Crippen molar-refractivity contribution in [3.05, 3.63) is 58.9 Å². The first kappa shape index (κ1) is 14.9. The third-order valence-corrected chi connectivity index (χ3v) is 5.57. The van der Waals surface area contributed by atoms with Crippen LogP contribution in [0.2, 0.25) is 0 Å². The van der Waals surface area contributed by atoms with Crippen molar-refractivity contribution < 1.29 is 17.2 Å². The molecule has 114 valence electrons. The summed E-state index contributed by atoms with van der Waals surface area (Å²) in [6, 6.07) is 8.61. The maximum absolute atomic E-state index is 13.2. The van der Waals surface area contributed by atoms with Gasteiger partial charge < -0.3 is 4.57 Å². The molecule has 0 aliphatic rings. The predicted molar refractivity (Wildman–Crippen MR) is 79.9 cm³/mol. The van der Waals surface area contributed by atoms with E-state index in [1.54, 1.807) is 17.7 Å². The minimum atomic E-state index is -3.96. The van der Waals surface area contributed by atoms with Gasteiger partial charge in [-0.25, -0.2) is 8.78 Å². The van der Waals surface area contributed by atoms with Crippen molar-refractivity contribution in [2.24, 2.45) is 11.4 Å². The lowest BCUT2D eigenvalue weighted by Crippen LogP contribution is -2.13. The molecule has 0 saturated carbocycles. The zero-order chi connectivity index (χ0) is 15.9. The average molecular weight is 340 g/mol. The highest BCUT2D eigenvalue weighted by atomic mass is 32.2. The Hall–Kier alpha value is -2.06. The molecule has 0 spiro atoms. The Kier molecular flexibility index (Phi) is 3.57. The molecule has 0 saturated heterocycles. The standard InChI is InChI=1S/C14H10F2N2O2S2/c1-18-12-7-4-10(16)8-13(12)21-14(18)17-22(19,20)11-5-2-9(15)3-6-11/h2-8H,1H3. The summed E-state index contributed by atoms with van der Waals surface area (Å²) in [5, 5.41) is 0. The Morgan fingerprint density at radius 2 is 1.68 bits per heavy atom. The van der Waals surface area contributed by atoms with Gasteiger partial charge in [0.15, 0.2) is 0 Å². The first-order valence-electron chi connectivity index (χ1n) is 6.18. The number of nitrogens with zero attached hydrogens (tertiary/aromatic N) is 2. The second kappa shape index (κ2) is 5.29. The Labute approximate surface area is 129 Å². The van der Waals surface area contributed by atoms with Gasteiger partial charge in [-0.15, -0.1) is 4.40 Å². The zero-order valence-corrected chi connectivity index (χ0v) is 13.0. The molecule has 0 bridgehead atoms. The fraction of sp³-hybridized carbons (Fsp3) is 0.0714. The minimum absolute atomic E-state index is 0.0995. The van der Waals surface area contributed by atoms with Crippen LogP contribution in [0.4, 0.5) is 8.78 Å². The first-order valence-corrected chi connectivity index (χ1v) is 8.44. The number of thiazole rings is 1. The highest BCUT2D eigenvalue weighted by Gasteiger charge is 2.14. The van der Waals surface area contributed by atoms with Gasteiger partial charge in [0.1, 0.15) is 11.6 Å². The predicted octanol–water partition coefficient (Wildman–Crippen LogP) is 2.81. The number of benzene rings is 2. The Balaban J connectivity index is 2.19. The maximum atomic E-state index is 13.2. The SMILES string of the molecule is Cn1c(=NS(=O)(=O)c2ccc(F)cc2)sc2cc(F)ccc21. The molecular formula is C14H10F2N2O2S2. The van der Waals surface area contributed by atoms with Crippen molar-refractivity contribution in [2.45, 2.75) is 4.90 Å². The van der Waals surface area contributed by atoms with E-state index in [0.29, 0.717) is 10.2 Å². The van der Waals surface area contributed by atoms with Gasteiger partial charge in [-0.2, -0.15) is 8.42 Å². The number of rotatable bonds is 2. The summed E-state index contributed by atoms with van der Waals surface area (Å²) in [4.78, 5) is 0.113. The molecule has 0 aliphatic carbocycles. The maximum Gasteiger partial charge on any atom is 0.285 e.